The van der Waals surface area contributed by atoms with Gasteiger partial charge in [-0.3, -0.25) is 4.79 Å². The summed E-state index contributed by atoms with van der Waals surface area (Å²) in [6.07, 6.45) is 7.58. The molecule has 1 N–H and O–H groups in total. The van der Waals surface area contributed by atoms with E-state index in [0.717, 1.165) is 32.1 Å². The lowest BCUT2D eigenvalue weighted by atomic mass is 9.78. The number of hydrogen-bond donors (Lipinski definition) is 1. The van der Waals surface area contributed by atoms with Crippen LogP contribution in [0.1, 0.15) is 71.8 Å². The smallest absolute Gasteiger partial charge is 0.312 e. The largest absolute Gasteiger partial charge is 0.453 e. The summed E-state index contributed by atoms with van der Waals surface area (Å²) in [6.45, 7) is 8.10. The van der Waals surface area contributed by atoms with Gasteiger partial charge in [0, 0.05) is 6.42 Å². The lowest BCUT2D eigenvalue weighted by molar-refractivity contribution is -0.509. The lowest BCUT2D eigenvalue weighted by Gasteiger charge is -2.47. The summed E-state index contributed by atoms with van der Waals surface area (Å²) in [5.74, 6) is -1.71. The van der Waals surface area contributed by atoms with Crippen LogP contribution in [0, 0.1) is 5.92 Å². The minimum atomic E-state index is -1.69. The molecule has 0 saturated carbocycles. The Labute approximate surface area is 174 Å². The molecule has 0 bridgehead atoms. The molecule has 5 nitrogen and oxygen atoms in total. The molecule has 0 aliphatic carbocycles. The molecule has 0 radical (unpaired) electrons. The summed E-state index contributed by atoms with van der Waals surface area (Å²) in [5.41, 5.74) is 1.10. The van der Waals surface area contributed by atoms with Crippen molar-refractivity contribution in [2.24, 2.45) is 5.92 Å². The molecule has 0 amide bonds. The first kappa shape index (κ1) is 22.0. The van der Waals surface area contributed by atoms with Crippen molar-refractivity contribution < 1.29 is 24.4 Å². The van der Waals surface area contributed by atoms with Crippen molar-refractivity contribution >= 4 is 5.97 Å². The second-order valence-corrected chi connectivity index (χ2v) is 9.40. The molecule has 29 heavy (non-hydrogen) atoms. The molecule has 3 rings (SSSR count). The second kappa shape index (κ2) is 8.58. The number of benzene rings is 1. The SMILES string of the molecule is CC(=CCc1ccccc1)CCCC(C)CC1(C)CC2(C)OC(=O)CC2(O)OO1. The highest BCUT2D eigenvalue weighted by Crippen LogP contribution is 2.49. The molecule has 2 aliphatic rings. The van der Waals surface area contributed by atoms with Gasteiger partial charge in [-0.1, -0.05) is 55.3 Å². The molecule has 4 unspecified atom stereocenters. The van der Waals surface area contributed by atoms with Crippen molar-refractivity contribution in [1.29, 1.82) is 0 Å². The van der Waals surface area contributed by atoms with Crippen LogP contribution in [0.2, 0.25) is 0 Å². The first-order valence-corrected chi connectivity index (χ1v) is 10.6. The van der Waals surface area contributed by atoms with Crippen LogP contribution in [-0.2, 0) is 25.7 Å². The first-order valence-electron chi connectivity index (χ1n) is 10.6. The summed E-state index contributed by atoms with van der Waals surface area (Å²) >= 11 is 0. The average Bonchev–Trinajstić information content (AvgIpc) is 2.88. The van der Waals surface area contributed by atoms with E-state index in [0.29, 0.717) is 12.3 Å². The van der Waals surface area contributed by atoms with E-state index in [2.05, 4.69) is 44.2 Å². The minimum Gasteiger partial charge on any atom is -0.453 e. The number of allylic oxidation sites excluding steroid dienone is 2. The van der Waals surface area contributed by atoms with Crippen LogP contribution in [0.4, 0.5) is 0 Å². The van der Waals surface area contributed by atoms with Gasteiger partial charge in [-0.2, -0.15) is 4.89 Å². The lowest BCUT2D eigenvalue weighted by Crippen LogP contribution is -2.60. The first-order chi connectivity index (χ1) is 13.6. The molecule has 0 spiro atoms. The summed E-state index contributed by atoms with van der Waals surface area (Å²) in [4.78, 5) is 22.6. The molecule has 1 aromatic carbocycles. The molecule has 2 heterocycles. The maximum Gasteiger partial charge on any atom is 0.312 e. The van der Waals surface area contributed by atoms with Crippen molar-refractivity contribution in [3.8, 4) is 0 Å². The van der Waals surface area contributed by atoms with E-state index >= 15 is 0 Å². The van der Waals surface area contributed by atoms with Gasteiger partial charge in [0.1, 0.15) is 12.0 Å². The normalized spacial score (nSPS) is 33.3. The fourth-order valence-electron chi connectivity index (χ4n) is 4.64. The Kier molecular flexibility index (Phi) is 6.51. The van der Waals surface area contributed by atoms with Crippen molar-refractivity contribution in [3.63, 3.8) is 0 Å². The molecule has 1 aromatic rings. The van der Waals surface area contributed by atoms with Crippen LogP contribution in [0.5, 0.6) is 0 Å². The fraction of sp³-hybridized carbons (Fsp3) is 0.625. The molecule has 2 saturated heterocycles. The third kappa shape index (κ3) is 5.27. The van der Waals surface area contributed by atoms with E-state index in [1.807, 2.05) is 13.0 Å². The monoisotopic (exact) mass is 402 g/mol. The van der Waals surface area contributed by atoms with Gasteiger partial charge in [-0.25, -0.2) is 4.89 Å². The Hall–Kier alpha value is -1.69. The number of rotatable bonds is 8. The molecule has 2 aliphatic heterocycles. The predicted molar refractivity (Wildman–Crippen MR) is 111 cm³/mol. The number of ether oxygens (including phenoxy) is 1. The standard InChI is InChI=1S/C24H34O5/c1-18(13-14-20-11-6-5-7-12-20)9-8-10-19(2)15-22(3)17-23(4)24(26,29-28-22)16-21(25)27-23/h5-7,11-13,19,26H,8-10,14-17H2,1-4H3. The zero-order valence-electron chi connectivity index (χ0n) is 18.1. The van der Waals surface area contributed by atoms with Gasteiger partial charge >= 0.3 is 5.97 Å². The molecule has 2 fully saturated rings. The molecule has 160 valence electrons. The van der Waals surface area contributed by atoms with Gasteiger partial charge in [0.2, 0.25) is 5.79 Å². The molecule has 0 aromatic heterocycles. The molecule has 5 heteroatoms. The number of fused-ring (bicyclic) bond motifs is 1. The van der Waals surface area contributed by atoms with Crippen LogP contribution in [0.15, 0.2) is 42.0 Å². The predicted octanol–water partition coefficient (Wildman–Crippen LogP) is 4.88. The van der Waals surface area contributed by atoms with Crippen LogP contribution in [0.25, 0.3) is 0 Å². The van der Waals surface area contributed by atoms with Crippen LogP contribution < -0.4 is 0 Å². The van der Waals surface area contributed by atoms with Gasteiger partial charge in [0.15, 0.2) is 5.60 Å². The molecule has 4 atom stereocenters. The van der Waals surface area contributed by atoms with E-state index in [4.69, 9.17) is 14.5 Å². The van der Waals surface area contributed by atoms with Gasteiger partial charge in [-0.15, -0.1) is 0 Å². The number of hydrogen-bond acceptors (Lipinski definition) is 5. The van der Waals surface area contributed by atoms with E-state index in [-0.39, 0.29) is 6.42 Å². The van der Waals surface area contributed by atoms with E-state index in [9.17, 15) is 9.90 Å². The number of carbonyl (C=O) groups excluding carboxylic acids is 1. The zero-order valence-corrected chi connectivity index (χ0v) is 18.1. The highest BCUT2D eigenvalue weighted by molar-refractivity contribution is 5.74. The summed E-state index contributed by atoms with van der Waals surface area (Å²) in [6, 6.07) is 10.5. The zero-order chi connectivity index (χ0) is 21.1. The summed E-state index contributed by atoms with van der Waals surface area (Å²) in [5, 5.41) is 10.5. The Bertz CT molecular complexity index is 745. The number of esters is 1. The van der Waals surface area contributed by atoms with E-state index < -0.39 is 23.0 Å². The van der Waals surface area contributed by atoms with E-state index in [1.165, 1.54) is 11.1 Å². The topological polar surface area (TPSA) is 65.0 Å². The quantitative estimate of drug-likeness (QED) is 0.381. The van der Waals surface area contributed by atoms with Crippen molar-refractivity contribution in [2.45, 2.75) is 89.6 Å². The van der Waals surface area contributed by atoms with Gasteiger partial charge in [0.05, 0.1) is 0 Å². The maximum atomic E-state index is 11.7. The number of carbonyl (C=O) groups is 1. The van der Waals surface area contributed by atoms with Gasteiger partial charge < -0.3 is 9.84 Å². The Morgan fingerprint density at radius 3 is 2.69 bits per heavy atom. The fourth-order valence-corrected chi connectivity index (χ4v) is 4.64. The summed E-state index contributed by atoms with van der Waals surface area (Å²) < 4.78 is 5.41. The van der Waals surface area contributed by atoms with Gasteiger partial charge in [-0.05, 0) is 57.9 Å². The summed E-state index contributed by atoms with van der Waals surface area (Å²) in [7, 11) is 0. The average molecular weight is 403 g/mol. The third-order valence-corrected chi connectivity index (χ3v) is 6.22. The highest BCUT2D eigenvalue weighted by atomic mass is 17.2. The van der Waals surface area contributed by atoms with Crippen molar-refractivity contribution in [1.82, 2.24) is 0 Å². The molecular weight excluding hydrogens is 368 g/mol. The Morgan fingerprint density at radius 1 is 1.24 bits per heavy atom. The van der Waals surface area contributed by atoms with Crippen LogP contribution in [0.3, 0.4) is 0 Å². The Balaban J connectivity index is 1.44. The van der Waals surface area contributed by atoms with Crippen LogP contribution >= 0.6 is 0 Å². The van der Waals surface area contributed by atoms with Crippen molar-refractivity contribution in [2.75, 3.05) is 0 Å². The maximum absolute atomic E-state index is 11.7. The van der Waals surface area contributed by atoms with E-state index in [1.54, 1.807) is 6.92 Å². The minimum absolute atomic E-state index is 0.191. The van der Waals surface area contributed by atoms with Crippen molar-refractivity contribution in [3.05, 3.63) is 47.5 Å². The Morgan fingerprint density at radius 2 is 1.97 bits per heavy atom. The molecular formula is C24H34O5. The van der Waals surface area contributed by atoms with Crippen LogP contribution in [-0.4, -0.2) is 28.1 Å². The third-order valence-electron chi connectivity index (χ3n) is 6.22. The number of aliphatic hydroxyl groups is 1. The van der Waals surface area contributed by atoms with Gasteiger partial charge in [0.25, 0.3) is 0 Å². The second-order valence-electron chi connectivity index (χ2n) is 9.40. The highest BCUT2D eigenvalue weighted by Gasteiger charge is 2.65.